The first-order chi connectivity index (χ1) is 14.7. The van der Waals surface area contributed by atoms with Gasteiger partial charge in [0.05, 0.1) is 16.5 Å². The quantitative estimate of drug-likeness (QED) is 0.512. The van der Waals surface area contributed by atoms with Crippen LogP contribution in [0.2, 0.25) is 0 Å². The average molecular weight is 441 g/mol. The van der Waals surface area contributed by atoms with Crippen molar-refractivity contribution in [1.82, 2.24) is 14.1 Å². The fourth-order valence-corrected chi connectivity index (χ4v) is 5.06. The van der Waals surface area contributed by atoms with E-state index in [4.69, 9.17) is 0 Å². The molecule has 1 N–H and O–H groups in total. The van der Waals surface area contributed by atoms with Crippen LogP contribution in [-0.4, -0.2) is 25.2 Å². The third-order valence-electron chi connectivity index (χ3n) is 5.15. The molecule has 0 amide bonds. The Kier molecular flexibility index (Phi) is 5.22. The molecule has 3 heterocycles. The van der Waals surface area contributed by atoms with Gasteiger partial charge in [0, 0.05) is 36.5 Å². The molecule has 0 spiro atoms. The zero-order valence-corrected chi connectivity index (χ0v) is 18.0. The summed E-state index contributed by atoms with van der Waals surface area (Å²) in [5, 5.41) is 10.5. The molecule has 4 rings (SSSR count). The largest absolute Gasteiger partial charge is 0.478 e. The van der Waals surface area contributed by atoms with Crippen LogP contribution in [0.3, 0.4) is 0 Å². The maximum atomic E-state index is 13.8. The molecule has 0 unspecified atom stereocenters. The van der Waals surface area contributed by atoms with Crippen LogP contribution in [0.1, 0.15) is 34.6 Å². The molecular weight excluding hydrogens is 421 g/mol. The number of nitrogens with zero attached hydrogens (tertiary/aromatic N) is 3. The van der Waals surface area contributed by atoms with Gasteiger partial charge in [0.2, 0.25) is 0 Å². The maximum absolute atomic E-state index is 13.8. The number of halogens is 1. The van der Waals surface area contributed by atoms with Gasteiger partial charge < -0.3 is 5.11 Å². The zero-order valence-electron chi connectivity index (χ0n) is 17.2. The minimum atomic E-state index is -1.24. The van der Waals surface area contributed by atoms with Crippen LogP contribution in [0.4, 0.5) is 4.39 Å². The second-order valence-corrected chi connectivity index (χ2v) is 8.93. The van der Waals surface area contributed by atoms with Crippen LogP contribution in [0.25, 0.3) is 21.1 Å². The van der Waals surface area contributed by atoms with Crippen molar-refractivity contribution in [2.45, 2.75) is 26.8 Å². The zero-order chi connectivity index (χ0) is 22.4. The molecular formula is C22H20FN3O4S. The number of aromatic nitrogens is 3. The highest BCUT2D eigenvalue weighted by Gasteiger charge is 2.25. The number of aromatic carboxylic acids is 1. The van der Waals surface area contributed by atoms with Crippen molar-refractivity contribution in [2.75, 3.05) is 0 Å². The van der Waals surface area contributed by atoms with E-state index in [9.17, 15) is 23.9 Å². The Morgan fingerprint density at radius 2 is 2.00 bits per heavy atom. The van der Waals surface area contributed by atoms with Crippen LogP contribution in [0.15, 0.2) is 40.1 Å². The molecule has 4 aromatic rings. The van der Waals surface area contributed by atoms with E-state index in [0.717, 1.165) is 15.9 Å². The molecule has 0 bridgehead atoms. The molecule has 0 aliphatic rings. The Hall–Kier alpha value is -3.33. The smallest absolute Gasteiger partial charge is 0.337 e. The van der Waals surface area contributed by atoms with Crippen molar-refractivity contribution in [2.24, 2.45) is 13.0 Å². The van der Waals surface area contributed by atoms with E-state index in [2.05, 4.69) is 4.98 Å². The fraction of sp³-hybridized carbons (Fsp3) is 0.273. The van der Waals surface area contributed by atoms with Crippen LogP contribution in [0.5, 0.6) is 0 Å². The number of pyridine rings is 1. The number of thiophene rings is 1. The van der Waals surface area contributed by atoms with Gasteiger partial charge in [-0.2, -0.15) is 0 Å². The number of hydrogen-bond donors (Lipinski definition) is 1. The van der Waals surface area contributed by atoms with E-state index < -0.39 is 23.0 Å². The summed E-state index contributed by atoms with van der Waals surface area (Å²) < 4.78 is 16.3. The Morgan fingerprint density at radius 3 is 2.68 bits per heavy atom. The van der Waals surface area contributed by atoms with Gasteiger partial charge in [0.15, 0.2) is 0 Å². The van der Waals surface area contributed by atoms with Crippen molar-refractivity contribution >= 4 is 38.4 Å². The first-order valence-electron chi connectivity index (χ1n) is 9.70. The Labute approximate surface area is 180 Å². The van der Waals surface area contributed by atoms with Crippen LogP contribution < -0.4 is 11.2 Å². The van der Waals surface area contributed by atoms with E-state index in [1.807, 2.05) is 13.8 Å². The number of carboxylic acid groups (broad SMARTS) is 1. The molecule has 0 fully saturated rings. The summed E-state index contributed by atoms with van der Waals surface area (Å²) in [5.74, 6) is -1.54. The monoisotopic (exact) mass is 441 g/mol. The second-order valence-electron chi connectivity index (χ2n) is 7.85. The predicted octanol–water partition coefficient (Wildman–Crippen LogP) is 3.39. The normalized spacial score (nSPS) is 11.6. The van der Waals surface area contributed by atoms with Crippen LogP contribution in [0, 0.1) is 11.7 Å². The van der Waals surface area contributed by atoms with Gasteiger partial charge in [0.1, 0.15) is 10.6 Å². The number of carboxylic acids is 1. The summed E-state index contributed by atoms with van der Waals surface area (Å²) in [7, 11) is 1.35. The SMILES string of the molecule is CC(C)Cn1c(=O)n(C)c(=O)c2c(C(=O)O)c(Cc3ccnc4ccc(F)cc34)sc21. The number of carbonyl (C=O) groups is 1. The molecule has 0 aliphatic carbocycles. The fourth-order valence-electron chi connectivity index (χ4n) is 3.76. The lowest BCUT2D eigenvalue weighted by Crippen LogP contribution is -2.38. The lowest BCUT2D eigenvalue weighted by molar-refractivity contribution is 0.0698. The summed E-state index contributed by atoms with van der Waals surface area (Å²) in [6, 6.07) is 5.94. The van der Waals surface area contributed by atoms with Gasteiger partial charge in [-0.15, -0.1) is 11.3 Å². The lowest BCUT2D eigenvalue weighted by atomic mass is 10.0. The molecule has 0 atom stereocenters. The van der Waals surface area contributed by atoms with Crippen molar-refractivity contribution in [1.29, 1.82) is 0 Å². The molecule has 1 aromatic carbocycles. The summed E-state index contributed by atoms with van der Waals surface area (Å²) in [5.41, 5.74) is 0.0510. The van der Waals surface area contributed by atoms with E-state index in [1.54, 1.807) is 18.3 Å². The summed E-state index contributed by atoms with van der Waals surface area (Å²) >= 11 is 1.12. The standard InChI is InChI=1S/C22H20FN3O4S/c1-11(2)10-26-20-18(19(27)25(3)22(26)30)17(21(28)29)16(31-20)8-12-6-7-24-15-5-4-13(23)9-14(12)15/h4-7,9,11H,8,10H2,1-3H3,(H,28,29). The number of hydrogen-bond acceptors (Lipinski definition) is 5. The Morgan fingerprint density at radius 1 is 1.26 bits per heavy atom. The average Bonchev–Trinajstić information content (AvgIpc) is 3.09. The van der Waals surface area contributed by atoms with Gasteiger partial charge in [-0.3, -0.25) is 18.9 Å². The van der Waals surface area contributed by atoms with Gasteiger partial charge in [-0.25, -0.2) is 14.0 Å². The first-order valence-corrected chi connectivity index (χ1v) is 10.5. The molecule has 3 aromatic heterocycles. The maximum Gasteiger partial charge on any atom is 0.337 e. The molecule has 0 saturated carbocycles. The molecule has 31 heavy (non-hydrogen) atoms. The minimum Gasteiger partial charge on any atom is -0.478 e. The van der Waals surface area contributed by atoms with Crippen molar-refractivity contribution in [3.8, 4) is 0 Å². The summed E-state index contributed by atoms with van der Waals surface area (Å²) in [4.78, 5) is 42.8. The molecule has 160 valence electrons. The predicted molar refractivity (Wildman–Crippen MR) is 118 cm³/mol. The van der Waals surface area contributed by atoms with Crippen molar-refractivity contribution < 1.29 is 14.3 Å². The lowest BCUT2D eigenvalue weighted by Gasteiger charge is -2.11. The van der Waals surface area contributed by atoms with Crippen LogP contribution in [-0.2, 0) is 20.0 Å². The molecule has 0 aliphatic heterocycles. The molecule has 7 nitrogen and oxygen atoms in total. The Balaban J connectivity index is 2.02. The van der Waals surface area contributed by atoms with E-state index in [-0.39, 0.29) is 23.3 Å². The second kappa shape index (κ2) is 7.73. The highest BCUT2D eigenvalue weighted by Crippen LogP contribution is 2.32. The first kappa shape index (κ1) is 20.9. The van der Waals surface area contributed by atoms with E-state index in [0.29, 0.717) is 32.7 Å². The van der Waals surface area contributed by atoms with E-state index in [1.165, 1.54) is 23.7 Å². The highest BCUT2D eigenvalue weighted by atomic mass is 32.1. The van der Waals surface area contributed by atoms with Crippen LogP contribution >= 0.6 is 11.3 Å². The third kappa shape index (κ3) is 3.54. The minimum absolute atomic E-state index is 0.0276. The van der Waals surface area contributed by atoms with Gasteiger partial charge >= 0.3 is 11.7 Å². The van der Waals surface area contributed by atoms with Gasteiger partial charge in [-0.1, -0.05) is 13.8 Å². The molecule has 0 radical (unpaired) electrons. The van der Waals surface area contributed by atoms with Gasteiger partial charge in [-0.05, 0) is 35.7 Å². The topological polar surface area (TPSA) is 94.2 Å². The highest BCUT2D eigenvalue weighted by molar-refractivity contribution is 7.19. The number of rotatable bonds is 5. The van der Waals surface area contributed by atoms with Crippen molar-refractivity contribution in [3.63, 3.8) is 0 Å². The summed E-state index contributed by atoms with van der Waals surface area (Å²) in [6.07, 6.45) is 1.75. The van der Waals surface area contributed by atoms with E-state index >= 15 is 0 Å². The third-order valence-corrected chi connectivity index (χ3v) is 6.36. The van der Waals surface area contributed by atoms with Crippen molar-refractivity contribution in [3.05, 3.63) is 73.1 Å². The number of benzene rings is 1. The molecule has 9 heteroatoms. The molecule has 0 saturated heterocycles. The Bertz CT molecular complexity index is 1470. The summed E-state index contributed by atoms with van der Waals surface area (Å²) in [6.45, 7) is 4.23. The number of fused-ring (bicyclic) bond motifs is 2. The van der Waals surface area contributed by atoms with Gasteiger partial charge in [0.25, 0.3) is 5.56 Å².